The molecule has 0 bridgehead atoms. The highest BCUT2D eigenvalue weighted by Gasteiger charge is 2.27. The third kappa shape index (κ3) is 4.58. The van der Waals surface area contributed by atoms with Crippen LogP contribution in [0.15, 0.2) is 0 Å². The highest BCUT2D eigenvalue weighted by molar-refractivity contribution is 7.18. The van der Waals surface area contributed by atoms with E-state index < -0.39 is 5.97 Å². The van der Waals surface area contributed by atoms with Gasteiger partial charge in [0.2, 0.25) is 5.91 Å². The zero-order valence-electron chi connectivity index (χ0n) is 15.2. The number of thiophene rings is 1. The summed E-state index contributed by atoms with van der Waals surface area (Å²) in [5.41, 5.74) is 0.811. The molecule has 2 heterocycles. The first kappa shape index (κ1) is 19.4. The van der Waals surface area contributed by atoms with Gasteiger partial charge in [-0.2, -0.15) is 0 Å². The van der Waals surface area contributed by atoms with Gasteiger partial charge in [0, 0.05) is 14.1 Å². The number of esters is 1. The van der Waals surface area contributed by atoms with E-state index in [1.807, 2.05) is 0 Å². The second-order valence-electron chi connectivity index (χ2n) is 6.21. The molecule has 0 aromatic carbocycles. The summed E-state index contributed by atoms with van der Waals surface area (Å²) in [6.07, 6.45) is 2.20. The smallest absolute Gasteiger partial charge is 0.341 e. The topological polar surface area (TPSA) is 79.0 Å². The van der Waals surface area contributed by atoms with Crippen molar-refractivity contribution in [3.63, 3.8) is 0 Å². The van der Waals surface area contributed by atoms with Crippen molar-refractivity contribution in [2.75, 3.05) is 45.7 Å². The lowest BCUT2D eigenvalue weighted by Crippen LogP contribution is -2.31. The monoisotopic (exact) mass is 367 g/mol. The zero-order chi connectivity index (χ0) is 18.6. The molecule has 1 saturated heterocycles. The van der Waals surface area contributed by atoms with Crippen LogP contribution in [0.4, 0.5) is 5.00 Å². The Morgan fingerprint density at radius 2 is 1.88 bits per heavy atom. The molecule has 1 aliphatic heterocycles. The zero-order valence-corrected chi connectivity index (χ0v) is 16.0. The summed E-state index contributed by atoms with van der Waals surface area (Å²) in [5, 5.41) is 3.18. The molecule has 2 amide bonds. The second-order valence-corrected chi connectivity index (χ2v) is 7.23. The highest BCUT2D eigenvalue weighted by Crippen LogP contribution is 2.34. The van der Waals surface area contributed by atoms with Crippen molar-refractivity contribution >= 4 is 34.1 Å². The quantitative estimate of drug-likeness (QED) is 0.778. The Morgan fingerprint density at radius 3 is 2.44 bits per heavy atom. The van der Waals surface area contributed by atoms with Crippen molar-refractivity contribution in [1.29, 1.82) is 0 Å². The summed E-state index contributed by atoms with van der Waals surface area (Å²) in [7, 11) is 3.30. The third-order valence-electron chi connectivity index (χ3n) is 4.05. The molecular formula is C17H25N3O4S. The van der Waals surface area contributed by atoms with Gasteiger partial charge in [-0.1, -0.05) is 0 Å². The van der Waals surface area contributed by atoms with Gasteiger partial charge >= 0.3 is 5.97 Å². The molecule has 0 atom stereocenters. The Bertz CT molecular complexity index is 663. The fraction of sp³-hybridized carbons (Fsp3) is 0.588. The van der Waals surface area contributed by atoms with Crippen LogP contribution in [-0.2, 0) is 9.53 Å². The number of amides is 2. The maximum atomic E-state index is 12.3. The average Bonchev–Trinajstić information content (AvgIpc) is 3.14. The number of nitrogens with one attached hydrogen (secondary N) is 1. The minimum atomic E-state index is -0.523. The Balaban J connectivity index is 2.27. The van der Waals surface area contributed by atoms with E-state index in [1.165, 1.54) is 4.90 Å². The molecule has 1 fully saturated rings. The highest BCUT2D eigenvalue weighted by atomic mass is 32.1. The summed E-state index contributed by atoms with van der Waals surface area (Å²) < 4.78 is 5.10. The summed E-state index contributed by atoms with van der Waals surface area (Å²) in [6, 6.07) is 0. The molecule has 138 valence electrons. The molecule has 0 saturated carbocycles. The lowest BCUT2D eigenvalue weighted by molar-refractivity contribution is -0.117. The molecule has 25 heavy (non-hydrogen) atoms. The fourth-order valence-corrected chi connectivity index (χ4v) is 4.00. The fourth-order valence-electron chi connectivity index (χ4n) is 2.77. The first-order valence-corrected chi connectivity index (χ1v) is 9.21. The summed E-state index contributed by atoms with van der Waals surface area (Å²) >= 11 is 1.12. The number of hydrogen-bond acceptors (Lipinski definition) is 6. The predicted octanol–water partition coefficient (Wildman–Crippen LogP) is 1.97. The van der Waals surface area contributed by atoms with Crippen LogP contribution in [0.1, 0.15) is 45.4 Å². The lowest BCUT2D eigenvalue weighted by Gasteiger charge is -2.14. The van der Waals surface area contributed by atoms with E-state index in [0.29, 0.717) is 15.4 Å². The number of carbonyl (C=O) groups is 3. The van der Waals surface area contributed by atoms with Gasteiger partial charge in [-0.3, -0.25) is 14.5 Å². The van der Waals surface area contributed by atoms with Gasteiger partial charge < -0.3 is 15.0 Å². The van der Waals surface area contributed by atoms with Crippen LogP contribution in [0, 0.1) is 6.92 Å². The molecule has 2 rings (SSSR count). The minimum Gasteiger partial charge on any atom is -0.462 e. The summed E-state index contributed by atoms with van der Waals surface area (Å²) in [4.78, 5) is 40.9. The number of nitrogens with zero attached hydrogens (tertiary/aromatic N) is 2. The largest absolute Gasteiger partial charge is 0.462 e. The molecule has 7 nitrogen and oxygen atoms in total. The SMILES string of the molecule is CCOC(=O)c1c(NC(=O)CN2CCCC2)sc(C(=O)N(C)C)c1C. The number of carbonyl (C=O) groups excluding carboxylic acids is 3. The van der Waals surface area contributed by atoms with E-state index in [0.717, 1.165) is 37.3 Å². The number of rotatable bonds is 6. The van der Waals surface area contributed by atoms with Crippen molar-refractivity contribution in [3.8, 4) is 0 Å². The van der Waals surface area contributed by atoms with Crippen LogP contribution in [0.5, 0.6) is 0 Å². The number of anilines is 1. The van der Waals surface area contributed by atoms with Gasteiger partial charge in [0.1, 0.15) is 5.00 Å². The first-order chi connectivity index (χ1) is 11.8. The van der Waals surface area contributed by atoms with Gasteiger partial charge in [-0.25, -0.2) is 4.79 Å². The van der Waals surface area contributed by atoms with Crippen molar-refractivity contribution in [3.05, 3.63) is 16.0 Å². The van der Waals surface area contributed by atoms with Crippen LogP contribution in [0.25, 0.3) is 0 Å². The molecule has 1 N–H and O–H groups in total. The van der Waals surface area contributed by atoms with Crippen molar-refractivity contribution in [2.45, 2.75) is 26.7 Å². The molecule has 0 unspecified atom stereocenters. The van der Waals surface area contributed by atoms with Crippen LogP contribution < -0.4 is 5.32 Å². The molecule has 0 aliphatic carbocycles. The van der Waals surface area contributed by atoms with E-state index in [4.69, 9.17) is 4.74 Å². The first-order valence-electron chi connectivity index (χ1n) is 8.39. The molecule has 8 heteroatoms. The van der Waals surface area contributed by atoms with Crippen molar-refractivity contribution in [1.82, 2.24) is 9.80 Å². The molecule has 1 aromatic heterocycles. The number of ether oxygens (including phenoxy) is 1. The van der Waals surface area contributed by atoms with Gasteiger partial charge in [0.25, 0.3) is 5.91 Å². The number of hydrogen-bond donors (Lipinski definition) is 1. The minimum absolute atomic E-state index is 0.183. The predicted molar refractivity (Wildman–Crippen MR) is 97.3 cm³/mol. The van der Waals surface area contributed by atoms with E-state index in [2.05, 4.69) is 10.2 Å². The Hall–Kier alpha value is -1.93. The number of likely N-dealkylation sites (tertiary alicyclic amines) is 1. The standard InChI is InChI=1S/C17H25N3O4S/c1-5-24-17(23)13-11(2)14(16(22)19(3)4)25-15(13)18-12(21)10-20-8-6-7-9-20/h5-10H2,1-4H3,(H,18,21). The molecule has 1 aliphatic rings. The summed E-state index contributed by atoms with van der Waals surface area (Å²) in [6.45, 7) is 5.76. The second kappa shape index (κ2) is 8.44. The van der Waals surface area contributed by atoms with E-state index >= 15 is 0 Å². The Morgan fingerprint density at radius 1 is 1.24 bits per heavy atom. The third-order valence-corrected chi connectivity index (χ3v) is 5.24. The Kier molecular flexibility index (Phi) is 6.55. The van der Waals surface area contributed by atoms with Crippen molar-refractivity contribution in [2.24, 2.45) is 0 Å². The van der Waals surface area contributed by atoms with E-state index in [1.54, 1.807) is 27.9 Å². The average molecular weight is 367 g/mol. The lowest BCUT2D eigenvalue weighted by atomic mass is 10.1. The van der Waals surface area contributed by atoms with Crippen molar-refractivity contribution < 1.29 is 19.1 Å². The van der Waals surface area contributed by atoms with Crippen LogP contribution >= 0.6 is 11.3 Å². The van der Waals surface area contributed by atoms with Crippen LogP contribution in [0.2, 0.25) is 0 Å². The molecular weight excluding hydrogens is 342 g/mol. The van der Waals surface area contributed by atoms with E-state index in [-0.39, 0.29) is 30.5 Å². The van der Waals surface area contributed by atoms with Gasteiger partial charge in [0.05, 0.1) is 23.6 Å². The van der Waals surface area contributed by atoms with E-state index in [9.17, 15) is 14.4 Å². The normalized spacial score (nSPS) is 14.4. The van der Waals surface area contributed by atoms with Gasteiger partial charge in [-0.05, 0) is 45.3 Å². The van der Waals surface area contributed by atoms with Gasteiger partial charge in [-0.15, -0.1) is 11.3 Å². The summed E-state index contributed by atoms with van der Waals surface area (Å²) in [5.74, 6) is -0.906. The Labute approximate surface area is 151 Å². The molecule has 0 spiro atoms. The van der Waals surface area contributed by atoms with Gasteiger partial charge in [0.15, 0.2) is 0 Å². The maximum Gasteiger partial charge on any atom is 0.341 e. The van der Waals surface area contributed by atoms with Crippen LogP contribution in [-0.4, -0.2) is 67.9 Å². The molecule has 1 aromatic rings. The maximum absolute atomic E-state index is 12.3. The van der Waals surface area contributed by atoms with Crippen LogP contribution in [0.3, 0.4) is 0 Å². The molecule has 0 radical (unpaired) electrons.